The number of nitrogens with zero attached hydrogens (tertiary/aromatic N) is 1. The molecule has 0 atom stereocenters. The Labute approximate surface area is 161 Å². The molecule has 2 aliphatic rings. The number of carbonyl (C=O) groups excluding carboxylic acids is 2. The van der Waals surface area contributed by atoms with Crippen molar-refractivity contribution in [2.24, 2.45) is 5.41 Å². The second kappa shape index (κ2) is 7.60. The number of benzene rings is 1. The van der Waals surface area contributed by atoms with Crippen molar-refractivity contribution >= 4 is 17.5 Å². The summed E-state index contributed by atoms with van der Waals surface area (Å²) < 4.78 is 5.53. The van der Waals surface area contributed by atoms with Crippen LogP contribution in [0.3, 0.4) is 0 Å². The molecular formula is C21H31N3O3. The fraction of sp³-hybridized carbons (Fsp3) is 0.619. The van der Waals surface area contributed by atoms with E-state index < -0.39 is 0 Å². The molecule has 1 fully saturated rings. The topological polar surface area (TPSA) is 70.7 Å². The number of carbonyl (C=O) groups is 2. The van der Waals surface area contributed by atoms with Gasteiger partial charge in [-0.05, 0) is 50.7 Å². The van der Waals surface area contributed by atoms with Gasteiger partial charge in [-0.15, -0.1) is 0 Å². The van der Waals surface area contributed by atoms with Gasteiger partial charge in [0, 0.05) is 54.8 Å². The van der Waals surface area contributed by atoms with Gasteiger partial charge in [0.15, 0.2) is 0 Å². The Morgan fingerprint density at radius 1 is 1.26 bits per heavy atom. The molecule has 2 N–H and O–H groups in total. The molecule has 2 amide bonds. The molecule has 2 heterocycles. The second-order valence-corrected chi connectivity index (χ2v) is 8.90. The van der Waals surface area contributed by atoms with E-state index in [0.717, 1.165) is 43.9 Å². The maximum Gasteiger partial charge on any atom is 0.251 e. The third kappa shape index (κ3) is 4.50. The monoisotopic (exact) mass is 373 g/mol. The van der Waals surface area contributed by atoms with Crippen LogP contribution in [-0.4, -0.2) is 57.1 Å². The van der Waals surface area contributed by atoms with E-state index in [2.05, 4.69) is 29.6 Å². The van der Waals surface area contributed by atoms with Crippen LogP contribution in [0.2, 0.25) is 0 Å². The zero-order chi connectivity index (χ0) is 19.7. The fourth-order valence-corrected chi connectivity index (χ4v) is 4.28. The highest BCUT2D eigenvalue weighted by atomic mass is 16.5. The molecule has 1 saturated heterocycles. The van der Waals surface area contributed by atoms with E-state index >= 15 is 0 Å². The maximum absolute atomic E-state index is 12.8. The molecule has 148 valence electrons. The summed E-state index contributed by atoms with van der Waals surface area (Å²) in [5.74, 6) is -0.0371. The molecule has 3 rings (SSSR count). The Kier molecular flexibility index (Phi) is 5.58. The number of fused-ring (bicyclic) bond motifs is 1. The minimum atomic E-state index is -0.277. The second-order valence-electron chi connectivity index (χ2n) is 8.90. The molecule has 1 aromatic rings. The lowest BCUT2D eigenvalue weighted by molar-refractivity contribution is -0.117. The first-order valence-electron chi connectivity index (χ1n) is 9.66. The predicted molar refractivity (Wildman–Crippen MR) is 106 cm³/mol. The molecule has 0 saturated carbocycles. The zero-order valence-corrected chi connectivity index (χ0v) is 16.9. The molecule has 6 nitrogen and oxygen atoms in total. The highest BCUT2D eigenvalue weighted by Crippen LogP contribution is 2.37. The molecule has 1 aromatic carbocycles. The van der Waals surface area contributed by atoms with Crippen LogP contribution in [0, 0.1) is 5.41 Å². The van der Waals surface area contributed by atoms with Gasteiger partial charge in [0.2, 0.25) is 5.91 Å². The van der Waals surface area contributed by atoms with Crippen LogP contribution >= 0.6 is 0 Å². The number of anilines is 1. The van der Waals surface area contributed by atoms with Gasteiger partial charge in [-0.25, -0.2) is 0 Å². The number of nitrogens with one attached hydrogen (secondary N) is 2. The van der Waals surface area contributed by atoms with Gasteiger partial charge >= 0.3 is 0 Å². The fourth-order valence-electron chi connectivity index (χ4n) is 4.28. The average molecular weight is 373 g/mol. The molecule has 0 bridgehead atoms. The Bertz CT molecular complexity index is 721. The van der Waals surface area contributed by atoms with Crippen LogP contribution < -0.4 is 10.6 Å². The lowest BCUT2D eigenvalue weighted by Crippen LogP contribution is -2.47. The largest absolute Gasteiger partial charge is 0.381 e. The molecule has 0 unspecified atom stereocenters. The molecule has 0 radical (unpaired) electrons. The van der Waals surface area contributed by atoms with Gasteiger partial charge in [0.05, 0.1) is 0 Å². The first kappa shape index (κ1) is 19.8. The van der Waals surface area contributed by atoms with Crippen LogP contribution in [0.15, 0.2) is 18.2 Å². The smallest absolute Gasteiger partial charge is 0.251 e. The summed E-state index contributed by atoms with van der Waals surface area (Å²) in [6, 6.07) is 5.55. The minimum Gasteiger partial charge on any atom is -0.381 e. The number of hydrogen-bond donors (Lipinski definition) is 2. The van der Waals surface area contributed by atoms with Crippen LogP contribution in [0.5, 0.6) is 0 Å². The molecule has 27 heavy (non-hydrogen) atoms. The third-order valence-electron chi connectivity index (χ3n) is 5.72. The Morgan fingerprint density at radius 2 is 1.96 bits per heavy atom. The minimum absolute atomic E-state index is 0.0230. The number of amides is 2. The number of hydrogen-bond acceptors (Lipinski definition) is 4. The molecule has 0 aromatic heterocycles. The Morgan fingerprint density at radius 3 is 2.63 bits per heavy atom. The lowest BCUT2D eigenvalue weighted by atomic mass is 9.77. The summed E-state index contributed by atoms with van der Waals surface area (Å²) in [7, 11) is 4.14. The highest BCUT2D eigenvalue weighted by molar-refractivity contribution is 5.98. The van der Waals surface area contributed by atoms with Crippen molar-refractivity contribution in [3.8, 4) is 0 Å². The van der Waals surface area contributed by atoms with E-state index in [9.17, 15) is 9.59 Å². The summed E-state index contributed by atoms with van der Waals surface area (Å²) in [4.78, 5) is 26.9. The number of ether oxygens (including phenoxy) is 1. The zero-order valence-electron chi connectivity index (χ0n) is 16.9. The standard InChI is InChI=1S/C21H31N3O3/c1-20(2)12-18(25)23-17-6-5-15(11-16(17)20)19(26)22-13-21(14-24(3)4)7-9-27-10-8-21/h5-6,11H,7-10,12-14H2,1-4H3,(H,22,26)(H,23,25). The normalized spacial score (nSPS) is 20.7. The summed E-state index contributed by atoms with van der Waals surface area (Å²) in [5.41, 5.74) is 2.25. The van der Waals surface area contributed by atoms with E-state index in [1.807, 2.05) is 26.0 Å². The van der Waals surface area contributed by atoms with Gasteiger partial charge in [-0.1, -0.05) is 13.8 Å². The van der Waals surface area contributed by atoms with E-state index in [1.165, 1.54) is 0 Å². The van der Waals surface area contributed by atoms with Crippen LogP contribution in [0.25, 0.3) is 0 Å². The third-order valence-corrected chi connectivity index (χ3v) is 5.72. The van der Waals surface area contributed by atoms with E-state index in [0.29, 0.717) is 18.5 Å². The van der Waals surface area contributed by atoms with Crippen molar-refractivity contribution in [3.63, 3.8) is 0 Å². The lowest BCUT2D eigenvalue weighted by Gasteiger charge is -2.39. The number of rotatable bonds is 5. The predicted octanol–water partition coefficient (Wildman–Crippen LogP) is 2.39. The van der Waals surface area contributed by atoms with Crippen molar-refractivity contribution in [1.82, 2.24) is 10.2 Å². The van der Waals surface area contributed by atoms with E-state index in [-0.39, 0.29) is 22.6 Å². The van der Waals surface area contributed by atoms with Gasteiger partial charge in [0.25, 0.3) is 5.91 Å². The van der Waals surface area contributed by atoms with Crippen molar-refractivity contribution in [2.45, 2.75) is 38.5 Å². The van der Waals surface area contributed by atoms with Gasteiger partial charge < -0.3 is 20.3 Å². The van der Waals surface area contributed by atoms with E-state index in [1.54, 1.807) is 6.07 Å². The molecular weight excluding hydrogens is 342 g/mol. The summed E-state index contributed by atoms with van der Waals surface area (Å²) in [6.07, 6.45) is 2.33. The van der Waals surface area contributed by atoms with Crippen LogP contribution in [-0.2, 0) is 14.9 Å². The Hall–Kier alpha value is -1.92. The van der Waals surface area contributed by atoms with Crippen LogP contribution in [0.4, 0.5) is 5.69 Å². The summed E-state index contributed by atoms with van der Waals surface area (Å²) >= 11 is 0. The summed E-state index contributed by atoms with van der Waals surface area (Å²) in [6.45, 7) is 7.15. The molecule has 2 aliphatic heterocycles. The summed E-state index contributed by atoms with van der Waals surface area (Å²) in [5, 5.41) is 6.05. The van der Waals surface area contributed by atoms with Gasteiger partial charge in [-0.3, -0.25) is 9.59 Å². The van der Waals surface area contributed by atoms with Gasteiger partial charge in [-0.2, -0.15) is 0 Å². The average Bonchev–Trinajstić information content (AvgIpc) is 2.59. The van der Waals surface area contributed by atoms with Gasteiger partial charge in [0.1, 0.15) is 0 Å². The molecule has 6 heteroatoms. The quantitative estimate of drug-likeness (QED) is 0.831. The Balaban J connectivity index is 1.74. The molecule has 0 spiro atoms. The van der Waals surface area contributed by atoms with Crippen molar-refractivity contribution in [1.29, 1.82) is 0 Å². The van der Waals surface area contributed by atoms with E-state index in [4.69, 9.17) is 4.74 Å². The maximum atomic E-state index is 12.8. The highest BCUT2D eigenvalue weighted by Gasteiger charge is 2.35. The SMILES string of the molecule is CN(C)CC1(CNC(=O)c2ccc3c(c2)C(C)(C)CC(=O)N3)CCOCC1. The first-order chi connectivity index (χ1) is 12.7. The van der Waals surface area contributed by atoms with Crippen molar-refractivity contribution in [2.75, 3.05) is 45.7 Å². The van der Waals surface area contributed by atoms with Crippen molar-refractivity contribution in [3.05, 3.63) is 29.3 Å². The molecule has 0 aliphatic carbocycles. The van der Waals surface area contributed by atoms with Crippen LogP contribution in [0.1, 0.15) is 49.0 Å². The van der Waals surface area contributed by atoms with Crippen molar-refractivity contribution < 1.29 is 14.3 Å². The first-order valence-corrected chi connectivity index (χ1v) is 9.66.